The Kier molecular flexibility index (Phi) is 3.96. The van der Waals surface area contributed by atoms with E-state index in [4.69, 9.17) is 16.3 Å². The van der Waals surface area contributed by atoms with E-state index in [0.29, 0.717) is 27.7 Å². The molecule has 1 aliphatic rings. The van der Waals surface area contributed by atoms with Gasteiger partial charge in [0, 0.05) is 12.6 Å². The topological polar surface area (TPSA) is 58.6 Å². The van der Waals surface area contributed by atoms with Gasteiger partial charge in [0.25, 0.3) is 11.8 Å². The van der Waals surface area contributed by atoms with Gasteiger partial charge in [0.15, 0.2) is 6.10 Å². The van der Waals surface area contributed by atoms with Crippen LogP contribution in [0.4, 0.5) is 11.4 Å². The Balaban J connectivity index is 1.87. The number of anilines is 2. The minimum Gasteiger partial charge on any atom is -0.479 e. The molecule has 0 saturated carbocycles. The lowest BCUT2D eigenvalue weighted by Crippen LogP contribution is -2.42. The number of hydrogen-bond acceptors (Lipinski definition) is 3. The van der Waals surface area contributed by atoms with E-state index >= 15 is 0 Å². The van der Waals surface area contributed by atoms with Gasteiger partial charge in [0.05, 0.1) is 16.4 Å². The highest BCUT2D eigenvalue weighted by Gasteiger charge is 2.29. The molecule has 1 atom stereocenters. The number of fused-ring (bicyclic) bond motifs is 1. The van der Waals surface area contributed by atoms with Crippen LogP contribution in [-0.2, 0) is 4.79 Å². The van der Waals surface area contributed by atoms with Gasteiger partial charge in [-0.05, 0) is 37.3 Å². The molecule has 2 aromatic rings. The Labute approximate surface area is 138 Å². The van der Waals surface area contributed by atoms with Gasteiger partial charge in [-0.3, -0.25) is 9.59 Å². The van der Waals surface area contributed by atoms with E-state index in [0.717, 1.165) is 0 Å². The van der Waals surface area contributed by atoms with Gasteiger partial charge < -0.3 is 15.0 Å². The maximum absolute atomic E-state index is 12.4. The molecule has 0 fully saturated rings. The molecule has 118 valence electrons. The van der Waals surface area contributed by atoms with Gasteiger partial charge in [-0.2, -0.15) is 0 Å². The number of hydrogen-bond donors (Lipinski definition) is 1. The van der Waals surface area contributed by atoms with Crippen molar-refractivity contribution in [1.29, 1.82) is 0 Å². The summed E-state index contributed by atoms with van der Waals surface area (Å²) in [4.78, 5) is 25.8. The Hall–Kier alpha value is -2.53. The van der Waals surface area contributed by atoms with Crippen molar-refractivity contribution in [2.45, 2.75) is 13.0 Å². The number of amides is 2. The van der Waals surface area contributed by atoms with Crippen LogP contribution in [0.3, 0.4) is 0 Å². The minimum absolute atomic E-state index is 0.120. The fraction of sp³-hybridized carbons (Fsp3) is 0.176. The first kappa shape index (κ1) is 15.4. The third kappa shape index (κ3) is 2.87. The molecule has 2 amide bonds. The second-order valence-electron chi connectivity index (χ2n) is 5.27. The van der Waals surface area contributed by atoms with Crippen LogP contribution in [0.25, 0.3) is 0 Å². The molecule has 1 N–H and O–H groups in total. The molecular weight excluding hydrogens is 316 g/mol. The van der Waals surface area contributed by atoms with Crippen LogP contribution in [0.1, 0.15) is 17.3 Å². The Bertz CT molecular complexity index is 791. The number of nitrogens with one attached hydrogen (secondary N) is 1. The summed E-state index contributed by atoms with van der Waals surface area (Å²) >= 11 is 6.04. The molecule has 1 unspecified atom stereocenters. The molecule has 0 bridgehead atoms. The molecule has 0 saturated heterocycles. The third-order valence-corrected chi connectivity index (χ3v) is 4.02. The summed E-state index contributed by atoms with van der Waals surface area (Å²) in [6, 6.07) is 12.0. The van der Waals surface area contributed by atoms with E-state index in [-0.39, 0.29) is 11.8 Å². The Morgan fingerprint density at radius 2 is 2.00 bits per heavy atom. The van der Waals surface area contributed by atoms with Gasteiger partial charge in [0.2, 0.25) is 0 Å². The second kappa shape index (κ2) is 5.93. The fourth-order valence-electron chi connectivity index (χ4n) is 2.42. The number of rotatable bonds is 2. The molecule has 2 aromatic carbocycles. The Morgan fingerprint density at radius 3 is 2.74 bits per heavy atom. The molecule has 0 spiro atoms. The summed E-state index contributed by atoms with van der Waals surface area (Å²) in [6.07, 6.45) is -0.575. The van der Waals surface area contributed by atoms with Crippen LogP contribution in [-0.4, -0.2) is 25.0 Å². The summed E-state index contributed by atoms with van der Waals surface area (Å²) in [7, 11) is 1.68. The molecule has 5 nitrogen and oxygen atoms in total. The average molecular weight is 331 g/mol. The van der Waals surface area contributed by atoms with Crippen molar-refractivity contribution in [1.82, 2.24) is 0 Å². The van der Waals surface area contributed by atoms with Crippen molar-refractivity contribution in [2.24, 2.45) is 0 Å². The zero-order valence-electron chi connectivity index (χ0n) is 12.7. The SMILES string of the molecule is CC1Oc2cc(C(=O)Nc3ccccc3Cl)ccc2N(C)C1=O. The fourth-order valence-corrected chi connectivity index (χ4v) is 2.60. The number of ether oxygens (including phenoxy) is 1. The van der Waals surface area contributed by atoms with Crippen LogP contribution < -0.4 is 15.0 Å². The predicted molar refractivity (Wildman–Crippen MR) is 89.3 cm³/mol. The van der Waals surface area contributed by atoms with E-state index in [1.165, 1.54) is 4.90 Å². The van der Waals surface area contributed by atoms with E-state index in [1.54, 1.807) is 56.4 Å². The average Bonchev–Trinajstić information content (AvgIpc) is 2.54. The van der Waals surface area contributed by atoms with Crippen molar-refractivity contribution in [3.8, 4) is 5.75 Å². The highest BCUT2D eigenvalue weighted by Crippen LogP contribution is 2.34. The largest absolute Gasteiger partial charge is 0.479 e. The van der Waals surface area contributed by atoms with Gasteiger partial charge in [-0.1, -0.05) is 23.7 Å². The minimum atomic E-state index is -0.575. The number of carbonyl (C=O) groups excluding carboxylic acids is 2. The van der Waals surface area contributed by atoms with Gasteiger partial charge in [-0.15, -0.1) is 0 Å². The number of carbonyl (C=O) groups is 2. The smallest absolute Gasteiger partial charge is 0.267 e. The molecule has 3 rings (SSSR count). The first-order chi connectivity index (χ1) is 11.0. The maximum atomic E-state index is 12.4. The normalized spacial score (nSPS) is 16.6. The molecule has 0 aromatic heterocycles. The monoisotopic (exact) mass is 330 g/mol. The zero-order valence-corrected chi connectivity index (χ0v) is 13.4. The predicted octanol–water partition coefficient (Wildman–Crippen LogP) is 3.34. The van der Waals surface area contributed by atoms with Crippen LogP contribution in [0.5, 0.6) is 5.75 Å². The summed E-state index contributed by atoms with van der Waals surface area (Å²) < 4.78 is 5.58. The number of benzene rings is 2. The van der Waals surface area contributed by atoms with E-state index in [9.17, 15) is 9.59 Å². The lowest BCUT2D eigenvalue weighted by Gasteiger charge is -2.30. The summed E-state index contributed by atoms with van der Waals surface area (Å²) in [5.41, 5.74) is 1.61. The van der Waals surface area contributed by atoms with E-state index in [1.807, 2.05) is 0 Å². The van der Waals surface area contributed by atoms with Crippen molar-refractivity contribution >= 4 is 34.8 Å². The van der Waals surface area contributed by atoms with Gasteiger partial charge in [-0.25, -0.2) is 0 Å². The van der Waals surface area contributed by atoms with Crippen molar-refractivity contribution in [3.63, 3.8) is 0 Å². The highest BCUT2D eigenvalue weighted by molar-refractivity contribution is 6.33. The lowest BCUT2D eigenvalue weighted by molar-refractivity contribution is -0.125. The zero-order chi connectivity index (χ0) is 16.6. The van der Waals surface area contributed by atoms with Crippen molar-refractivity contribution < 1.29 is 14.3 Å². The van der Waals surface area contributed by atoms with Crippen molar-refractivity contribution in [3.05, 3.63) is 53.1 Å². The molecular formula is C17H15ClN2O3. The molecule has 6 heteroatoms. The van der Waals surface area contributed by atoms with Crippen LogP contribution in [0.2, 0.25) is 5.02 Å². The number of para-hydroxylation sites is 1. The van der Waals surface area contributed by atoms with E-state index in [2.05, 4.69) is 5.32 Å². The van der Waals surface area contributed by atoms with Gasteiger partial charge in [0.1, 0.15) is 5.75 Å². The summed E-state index contributed by atoms with van der Waals surface area (Å²) in [5.74, 6) is 0.0916. The number of likely N-dealkylation sites (N-methyl/N-ethyl adjacent to an activating group) is 1. The van der Waals surface area contributed by atoms with Crippen molar-refractivity contribution in [2.75, 3.05) is 17.3 Å². The molecule has 0 radical (unpaired) electrons. The molecule has 0 aliphatic carbocycles. The quantitative estimate of drug-likeness (QED) is 0.918. The lowest BCUT2D eigenvalue weighted by atomic mass is 10.1. The van der Waals surface area contributed by atoms with Gasteiger partial charge >= 0.3 is 0 Å². The third-order valence-electron chi connectivity index (χ3n) is 3.69. The second-order valence-corrected chi connectivity index (χ2v) is 5.68. The van der Waals surface area contributed by atoms with Crippen LogP contribution >= 0.6 is 11.6 Å². The number of halogens is 1. The van der Waals surface area contributed by atoms with Crippen LogP contribution in [0.15, 0.2) is 42.5 Å². The molecule has 1 heterocycles. The summed E-state index contributed by atoms with van der Waals surface area (Å²) in [6.45, 7) is 1.68. The molecule has 1 aliphatic heterocycles. The number of nitrogens with zero attached hydrogens (tertiary/aromatic N) is 1. The van der Waals surface area contributed by atoms with E-state index < -0.39 is 6.10 Å². The Morgan fingerprint density at radius 1 is 1.26 bits per heavy atom. The first-order valence-corrected chi connectivity index (χ1v) is 7.49. The summed E-state index contributed by atoms with van der Waals surface area (Å²) in [5, 5.41) is 3.22. The standard InChI is InChI=1S/C17H15ClN2O3/c1-10-17(22)20(2)14-8-7-11(9-15(14)23-10)16(21)19-13-6-4-3-5-12(13)18/h3-10H,1-2H3,(H,19,21). The maximum Gasteiger partial charge on any atom is 0.267 e. The first-order valence-electron chi connectivity index (χ1n) is 7.11. The molecule has 23 heavy (non-hydrogen) atoms. The highest BCUT2D eigenvalue weighted by atomic mass is 35.5. The van der Waals surface area contributed by atoms with Crippen LogP contribution in [0, 0.1) is 0 Å².